The fourth-order valence-corrected chi connectivity index (χ4v) is 4.27. The van der Waals surface area contributed by atoms with Crippen LogP contribution >= 0.6 is 0 Å². The molecule has 4 aromatic rings. The lowest BCUT2D eigenvalue weighted by Crippen LogP contribution is -2.34. The van der Waals surface area contributed by atoms with Gasteiger partial charge in [0.15, 0.2) is 6.20 Å². The lowest BCUT2D eigenvalue weighted by atomic mass is 10.1. The minimum Gasteiger partial charge on any atom is -0.550 e. The van der Waals surface area contributed by atoms with Gasteiger partial charge in [0.05, 0.1) is 32.5 Å². The molecule has 0 radical (unpaired) electrons. The van der Waals surface area contributed by atoms with Crippen molar-refractivity contribution in [1.29, 1.82) is 0 Å². The first kappa shape index (κ1) is 26.2. The third kappa shape index (κ3) is 5.41. The molecule has 0 spiro atoms. The Bertz CT molecular complexity index is 1520. The van der Waals surface area contributed by atoms with Gasteiger partial charge in [0.2, 0.25) is 11.4 Å². The van der Waals surface area contributed by atoms with Crippen LogP contribution in [0.3, 0.4) is 0 Å². The van der Waals surface area contributed by atoms with Crippen molar-refractivity contribution < 1.29 is 23.9 Å². The molecule has 194 valence electrons. The van der Waals surface area contributed by atoms with Crippen molar-refractivity contribution in [2.24, 2.45) is 4.99 Å². The highest BCUT2D eigenvalue weighted by Gasteiger charge is 2.34. The van der Waals surface area contributed by atoms with E-state index in [0.29, 0.717) is 18.1 Å². The molecule has 0 unspecified atom stereocenters. The summed E-state index contributed by atoms with van der Waals surface area (Å²) in [4.78, 5) is 13.9. The number of nitrogen functional groups attached to an aromatic ring is 1. The molecule has 0 fully saturated rings. The molecule has 38 heavy (non-hydrogen) atoms. The molecule has 1 aliphatic rings. The zero-order chi connectivity index (χ0) is 27.2. The summed E-state index contributed by atoms with van der Waals surface area (Å²) in [5.74, 6) is 1.04. The number of nitrogens with zero attached hydrogens (tertiary/aromatic N) is 4. The highest BCUT2D eigenvalue weighted by atomic mass is 16.5. The number of carbonyl (C=O) groups excluding carboxylic acids is 1. The van der Waals surface area contributed by atoms with E-state index in [1.807, 2.05) is 48.5 Å². The maximum atomic E-state index is 8.89. The van der Waals surface area contributed by atoms with Gasteiger partial charge in [-0.15, -0.1) is 0 Å². The zero-order valence-electron chi connectivity index (χ0n) is 21.7. The van der Waals surface area contributed by atoms with Crippen LogP contribution in [0.2, 0.25) is 0 Å². The fourth-order valence-electron chi connectivity index (χ4n) is 4.27. The molecule has 9 heteroatoms. The molecule has 9 nitrogen and oxygen atoms in total. The number of para-hydroxylation sites is 1. The number of ether oxygens (including phenoxy) is 2. The number of hydrogen-bond donors (Lipinski definition) is 1. The first-order valence-corrected chi connectivity index (χ1v) is 11.9. The molecule has 0 amide bonds. The highest BCUT2D eigenvalue weighted by Crippen LogP contribution is 2.31. The Morgan fingerprint density at radius 3 is 2.42 bits per heavy atom. The van der Waals surface area contributed by atoms with Crippen LogP contribution in [-0.4, -0.2) is 35.7 Å². The molecule has 1 aliphatic heterocycles. The summed E-state index contributed by atoms with van der Waals surface area (Å²) in [6.45, 7) is 3.55. The van der Waals surface area contributed by atoms with Crippen molar-refractivity contribution in [3.05, 3.63) is 102 Å². The first-order valence-electron chi connectivity index (χ1n) is 11.9. The summed E-state index contributed by atoms with van der Waals surface area (Å²) in [7, 11) is 3.33. The number of carboxylic acid groups (broad SMARTS) is 1. The number of hydrogen-bond acceptors (Lipinski definition) is 7. The SMILES string of the molecule is CC(=O)[O-].COc1ccc(C2=C(C)/C(=N\c3cnn(Cc4ccccc4OC)c3N)c3cccc[n+]32)cc1. The third-order valence-electron chi connectivity index (χ3n) is 6.02. The van der Waals surface area contributed by atoms with Gasteiger partial charge in [-0.25, -0.2) is 9.67 Å². The number of aromatic nitrogens is 3. The highest BCUT2D eigenvalue weighted by molar-refractivity contribution is 6.17. The van der Waals surface area contributed by atoms with E-state index in [1.165, 1.54) is 0 Å². The number of anilines is 1. The molecule has 0 atom stereocenters. The number of fused-ring (bicyclic) bond motifs is 1. The van der Waals surface area contributed by atoms with Crippen LogP contribution in [0, 0.1) is 0 Å². The van der Waals surface area contributed by atoms with Gasteiger partial charge in [-0.3, -0.25) is 0 Å². The normalized spacial score (nSPS) is 13.1. The van der Waals surface area contributed by atoms with E-state index in [0.717, 1.165) is 52.2 Å². The van der Waals surface area contributed by atoms with Crippen LogP contribution in [0.25, 0.3) is 5.70 Å². The second-order valence-corrected chi connectivity index (χ2v) is 8.49. The summed E-state index contributed by atoms with van der Waals surface area (Å²) in [6, 6.07) is 22.0. The summed E-state index contributed by atoms with van der Waals surface area (Å²) in [5, 5.41) is 13.4. The molecule has 2 aromatic carbocycles. The van der Waals surface area contributed by atoms with Crippen LogP contribution in [0.15, 0.2) is 89.7 Å². The number of pyridine rings is 1. The van der Waals surface area contributed by atoms with Crippen molar-refractivity contribution in [1.82, 2.24) is 9.78 Å². The zero-order valence-corrected chi connectivity index (χ0v) is 21.7. The van der Waals surface area contributed by atoms with E-state index in [1.54, 1.807) is 25.1 Å². The fraction of sp³-hybridized carbons (Fsp3) is 0.172. The molecule has 3 heterocycles. The number of nitrogens with two attached hydrogens (primary N) is 1. The maximum Gasteiger partial charge on any atom is 0.237 e. The predicted octanol–water partition coefficient (Wildman–Crippen LogP) is 2.99. The summed E-state index contributed by atoms with van der Waals surface area (Å²) in [5.41, 5.74) is 13.2. The van der Waals surface area contributed by atoms with Crippen molar-refractivity contribution in [2.75, 3.05) is 20.0 Å². The quantitative estimate of drug-likeness (QED) is 0.398. The summed E-state index contributed by atoms with van der Waals surface area (Å²) in [6.07, 6.45) is 3.76. The number of carbonyl (C=O) groups is 1. The molecule has 5 rings (SSSR count). The average Bonchev–Trinajstić information content (AvgIpc) is 3.40. The van der Waals surface area contributed by atoms with Gasteiger partial charge < -0.3 is 25.1 Å². The molecule has 2 N–H and O–H groups in total. The Balaban J connectivity index is 0.000000786. The van der Waals surface area contributed by atoms with Crippen molar-refractivity contribution in [3.8, 4) is 11.5 Å². The molecular formula is C29H29N5O4. The Hall–Kier alpha value is -4.92. The Morgan fingerprint density at radius 2 is 1.74 bits per heavy atom. The first-order chi connectivity index (χ1) is 18.3. The third-order valence-corrected chi connectivity index (χ3v) is 6.02. The summed E-state index contributed by atoms with van der Waals surface area (Å²) >= 11 is 0. The Kier molecular flexibility index (Phi) is 7.86. The smallest absolute Gasteiger partial charge is 0.237 e. The number of aliphatic imine (C=N–C) groups is 1. The monoisotopic (exact) mass is 511 g/mol. The van der Waals surface area contributed by atoms with E-state index >= 15 is 0 Å². The van der Waals surface area contributed by atoms with Gasteiger partial charge in [-0.2, -0.15) is 9.67 Å². The second-order valence-electron chi connectivity index (χ2n) is 8.49. The summed E-state index contributed by atoms with van der Waals surface area (Å²) < 4.78 is 14.7. The van der Waals surface area contributed by atoms with Crippen LogP contribution in [0.5, 0.6) is 11.5 Å². The minimum absolute atomic E-state index is 0.498. The van der Waals surface area contributed by atoms with Gasteiger partial charge >= 0.3 is 0 Å². The molecular weight excluding hydrogens is 482 g/mol. The topological polar surface area (TPSA) is 119 Å². The van der Waals surface area contributed by atoms with Gasteiger partial charge in [0.1, 0.15) is 28.7 Å². The van der Waals surface area contributed by atoms with E-state index in [4.69, 9.17) is 30.1 Å². The van der Waals surface area contributed by atoms with E-state index in [2.05, 4.69) is 41.0 Å². The number of aliphatic carboxylic acids is 1. The van der Waals surface area contributed by atoms with E-state index in [-0.39, 0.29) is 0 Å². The van der Waals surface area contributed by atoms with Gasteiger partial charge in [-0.1, -0.05) is 18.2 Å². The number of allylic oxidation sites excluding steroid dienone is 1. The average molecular weight is 512 g/mol. The molecule has 2 aromatic heterocycles. The standard InChI is InChI=1S/C27H25N5O2.C2H4O2/c1-18-25(23-9-6-7-15-31(23)26(18)19-11-13-21(33-2)14-12-19)30-22-16-29-32(27(22)28)17-20-8-4-5-10-24(20)34-3;1-2(3)4/h4-16,28H,17H2,1-3H3;1H3,(H,3,4). The Labute approximate surface area is 221 Å². The van der Waals surface area contributed by atoms with Gasteiger partial charge in [0.25, 0.3) is 0 Å². The van der Waals surface area contributed by atoms with Crippen LogP contribution in [-0.2, 0) is 11.3 Å². The van der Waals surface area contributed by atoms with Gasteiger partial charge in [0, 0.05) is 29.2 Å². The largest absolute Gasteiger partial charge is 0.550 e. The number of benzene rings is 2. The molecule has 0 saturated carbocycles. The predicted molar refractivity (Wildman–Crippen MR) is 143 cm³/mol. The van der Waals surface area contributed by atoms with E-state index in [9.17, 15) is 0 Å². The van der Waals surface area contributed by atoms with Crippen molar-refractivity contribution >= 4 is 28.9 Å². The lowest BCUT2D eigenvalue weighted by Gasteiger charge is -2.09. The maximum absolute atomic E-state index is 8.89. The Morgan fingerprint density at radius 1 is 1.05 bits per heavy atom. The molecule has 0 aliphatic carbocycles. The number of carboxylic acids is 1. The van der Waals surface area contributed by atoms with Crippen LogP contribution in [0.4, 0.5) is 11.5 Å². The number of methoxy groups -OCH3 is 2. The number of rotatable bonds is 6. The van der Waals surface area contributed by atoms with Crippen LogP contribution in [0.1, 0.15) is 30.7 Å². The molecule has 0 saturated heterocycles. The van der Waals surface area contributed by atoms with Crippen LogP contribution < -0.4 is 24.9 Å². The lowest BCUT2D eigenvalue weighted by molar-refractivity contribution is -0.577. The van der Waals surface area contributed by atoms with Crippen molar-refractivity contribution in [3.63, 3.8) is 0 Å². The van der Waals surface area contributed by atoms with E-state index < -0.39 is 5.97 Å². The minimum atomic E-state index is -1.08. The second kappa shape index (κ2) is 11.4. The van der Waals surface area contributed by atoms with Gasteiger partial charge in [-0.05, 0) is 50.2 Å². The molecule has 0 bridgehead atoms. The van der Waals surface area contributed by atoms with Crippen molar-refractivity contribution in [2.45, 2.75) is 20.4 Å².